The zero-order valence-electron chi connectivity index (χ0n) is 13.5. The number of hydrogen-bond donors (Lipinski definition) is 0. The van der Waals surface area contributed by atoms with E-state index in [0.717, 1.165) is 11.1 Å². The number of aryl methyl sites for hydroxylation is 1. The number of ether oxygens (including phenoxy) is 1. The third-order valence-electron chi connectivity index (χ3n) is 4.15. The molecular formula is C19H17NO4. The van der Waals surface area contributed by atoms with E-state index in [1.54, 1.807) is 42.5 Å². The van der Waals surface area contributed by atoms with Crippen LogP contribution in [0.15, 0.2) is 42.5 Å². The summed E-state index contributed by atoms with van der Waals surface area (Å²) in [4.78, 5) is 38.0. The summed E-state index contributed by atoms with van der Waals surface area (Å²) >= 11 is 0. The molecular weight excluding hydrogens is 306 g/mol. The number of esters is 1. The van der Waals surface area contributed by atoms with Gasteiger partial charge in [-0.2, -0.15) is 0 Å². The van der Waals surface area contributed by atoms with Crippen LogP contribution in [0.5, 0.6) is 0 Å². The van der Waals surface area contributed by atoms with E-state index in [2.05, 4.69) is 0 Å². The second-order valence-electron chi connectivity index (χ2n) is 5.74. The van der Waals surface area contributed by atoms with Crippen LogP contribution in [0, 0.1) is 6.92 Å². The van der Waals surface area contributed by atoms with Crippen LogP contribution >= 0.6 is 0 Å². The van der Waals surface area contributed by atoms with E-state index in [1.807, 2.05) is 6.92 Å². The van der Waals surface area contributed by atoms with Gasteiger partial charge in [0, 0.05) is 17.8 Å². The Kier molecular flexibility index (Phi) is 4.16. The number of ketones is 1. The Morgan fingerprint density at radius 1 is 1.00 bits per heavy atom. The molecule has 2 aromatic rings. The van der Waals surface area contributed by atoms with Crippen LogP contribution in [0.25, 0.3) is 0 Å². The fourth-order valence-electron chi connectivity index (χ4n) is 2.81. The van der Waals surface area contributed by atoms with E-state index >= 15 is 0 Å². The zero-order chi connectivity index (χ0) is 17.3. The molecule has 24 heavy (non-hydrogen) atoms. The van der Waals surface area contributed by atoms with Gasteiger partial charge in [-0.3, -0.25) is 9.59 Å². The van der Waals surface area contributed by atoms with Crippen molar-refractivity contribution in [2.75, 3.05) is 18.6 Å². The summed E-state index contributed by atoms with van der Waals surface area (Å²) in [5.74, 6) is -1.50. The highest BCUT2D eigenvalue weighted by molar-refractivity contribution is 6.47. The summed E-state index contributed by atoms with van der Waals surface area (Å²) in [6.45, 7) is 2.35. The number of anilines is 1. The lowest BCUT2D eigenvalue weighted by Crippen LogP contribution is -2.35. The molecule has 5 nitrogen and oxygen atoms in total. The quantitative estimate of drug-likeness (QED) is 0.495. The Morgan fingerprint density at radius 3 is 2.33 bits per heavy atom. The first kappa shape index (κ1) is 15.9. The molecule has 5 heteroatoms. The molecule has 0 saturated heterocycles. The van der Waals surface area contributed by atoms with Gasteiger partial charge < -0.3 is 9.64 Å². The van der Waals surface area contributed by atoms with E-state index in [4.69, 9.17) is 4.74 Å². The predicted molar refractivity (Wildman–Crippen MR) is 89.3 cm³/mol. The minimum Gasteiger partial charge on any atom is -0.465 e. The van der Waals surface area contributed by atoms with Crippen molar-refractivity contribution < 1.29 is 19.1 Å². The van der Waals surface area contributed by atoms with Crippen molar-refractivity contribution in [2.24, 2.45) is 0 Å². The van der Waals surface area contributed by atoms with Gasteiger partial charge in [-0.15, -0.1) is 0 Å². The molecule has 0 fully saturated rings. The first-order valence-corrected chi connectivity index (χ1v) is 7.65. The molecule has 0 saturated carbocycles. The summed E-state index contributed by atoms with van der Waals surface area (Å²) in [7, 11) is 1.33. The maximum atomic E-state index is 12.6. The molecule has 3 rings (SSSR count). The first-order chi connectivity index (χ1) is 11.5. The van der Waals surface area contributed by atoms with Gasteiger partial charge >= 0.3 is 5.97 Å². The number of amides is 1. The highest BCUT2D eigenvalue weighted by Gasteiger charge is 2.30. The van der Waals surface area contributed by atoms with E-state index in [1.165, 1.54) is 12.0 Å². The van der Waals surface area contributed by atoms with E-state index in [9.17, 15) is 14.4 Å². The average molecular weight is 323 g/mol. The van der Waals surface area contributed by atoms with Crippen LogP contribution in [-0.4, -0.2) is 31.3 Å². The first-order valence-electron chi connectivity index (χ1n) is 7.65. The zero-order valence-corrected chi connectivity index (χ0v) is 13.5. The maximum absolute atomic E-state index is 12.6. The summed E-state index contributed by atoms with van der Waals surface area (Å²) in [5.41, 5.74) is 3.39. The van der Waals surface area contributed by atoms with Crippen molar-refractivity contribution in [3.8, 4) is 0 Å². The van der Waals surface area contributed by atoms with Gasteiger partial charge in [0.1, 0.15) is 0 Å². The predicted octanol–water partition coefficient (Wildman–Crippen LogP) is 2.55. The Bertz CT molecular complexity index is 824. The second-order valence-corrected chi connectivity index (χ2v) is 5.74. The SMILES string of the molecule is COC(=O)c1ccc2c(c1)CCN2C(=O)C(=O)c1ccc(C)cc1. The minimum absolute atomic E-state index is 0.380. The number of Topliss-reactive ketones (excluding diaryl/α,β-unsaturated/α-hetero) is 1. The third-order valence-corrected chi connectivity index (χ3v) is 4.15. The number of methoxy groups -OCH3 is 1. The summed E-state index contributed by atoms with van der Waals surface area (Å²) < 4.78 is 4.70. The summed E-state index contributed by atoms with van der Waals surface area (Å²) in [6, 6.07) is 11.9. The topological polar surface area (TPSA) is 63.7 Å². The van der Waals surface area contributed by atoms with Crippen molar-refractivity contribution in [1.29, 1.82) is 0 Å². The monoisotopic (exact) mass is 323 g/mol. The third kappa shape index (κ3) is 2.80. The molecule has 0 spiro atoms. The van der Waals surface area contributed by atoms with Gasteiger partial charge in [-0.1, -0.05) is 29.8 Å². The van der Waals surface area contributed by atoms with Crippen LogP contribution in [-0.2, 0) is 16.0 Å². The number of hydrogen-bond acceptors (Lipinski definition) is 4. The highest BCUT2D eigenvalue weighted by Crippen LogP contribution is 2.29. The molecule has 0 aliphatic carbocycles. The lowest BCUT2D eigenvalue weighted by atomic mass is 10.1. The molecule has 0 aromatic heterocycles. The molecule has 0 N–H and O–H groups in total. The number of rotatable bonds is 3. The standard InChI is InChI=1S/C19H17NO4/c1-12-3-5-13(6-4-12)17(21)18(22)20-10-9-14-11-15(19(23)24-2)7-8-16(14)20/h3-8,11H,9-10H2,1-2H3. The van der Waals surface area contributed by atoms with E-state index in [0.29, 0.717) is 29.8 Å². The molecule has 122 valence electrons. The molecule has 2 aromatic carbocycles. The van der Waals surface area contributed by atoms with Crippen molar-refractivity contribution in [3.63, 3.8) is 0 Å². The summed E-state index contributed by atoms with van der Waals surface area (Å²) in [6.07, 6.45) is 0.604. The van der Waals surface area contributed by atoms with Gasteiger partial charge in [0.25, 0.3) is 11.7 Å². The average Bonchev–Trinajstić information content (AvgIpc) is 3.03. The van der Waals surface area contributed by atoms with E-state index in [-0.39, 0.29) is 0 Å². The van der Waals surface area contributed by atoms with Crippen LogP contribution in [0.2, 0.25) is 0 Å². The molecule has 0 radical (unpaired) electrons. The Labute approximate surface area is 139 Å². The molecule has 1 aliphatic rings. The van der Waals surface area contributed by atoms with Crippen molar-refractivity contribution in [3.05, 3.63) is 64.7 Å². The van der Waals surface area contributed by atoms with Crippen molar-refractivity contribution >= 4 is 23.3 Å². The number of carbonyl (C=O) groups excluding carboxylic acids is 3. The van der Waals surface area contributed by atoms with Crippen LogP contribution < -0.4 is 4.90 Å². The van der Waals surface area contributed by atoms with Gasteiger partial charge in [-0.05, 0) is 37.1 Å². The Balaban J connectivity index is 1.85. The van der Waals surface area contributed by atoms with Crippen molar-refractivity contribution in [1.82, 2.24) is 0 Å². The normalized spacial score (nSPS) is 12.7. The van der Waals surface area contributed by atoms with Crippen LogP contribution in [0.4, 0.5) is 5.69 Å². The minimum atomic E-state index is -0.552. The fraction of sp³-hybridized carbons (Fsp3) is 0.211. The number of fused-ring (bicyclic) bond motifs is 1. The number of nitrogens with zero attached hydrogens (tertiary/aromatic N) is 1. The lowest BCUT2D eigenvalue weighted by Gasteiger charge is -2.16. The molecule has 1 amide bonds. The smallest absolute Gasteiger partial charge is 0.337 e. The Morgan fingerprint density at radius 2 is 1.67 bits per heavy atom. The lowest BCUT2D eigenvalue weighted by molar-refractivity contribution is -0.114. The maximum Gasteiger partial charge on any atom is 0.337 e. The highest BCUT2D eigenvalue weighted by atomic mass is 16.5. The summed E-state index contributed by atoms with van der Waals surface area (Å²) in [5, 5.41) is 0. The largest absolute Gasteiger partial charge is 0.465 e. The molecule has 0 atom stereocenters. The molecule has 0 bridgehead atoms. The van der Waals surface area contributed by atoms with Gasteiger partial charge in [0.15, 0.2) is 0 Å². The van der Waals surface area contributed by atoms with Crippen LogP contribution in [0.1, 0.15) is 31.8 Å². The molecule has 0 unspecified atom stereocenters. The van der Waals surface area contributed by atoms with Crippen molar-refractivity contribution in [2.45, 2.75) is 13.3 Å². The molecule has 1 aliphatic heterocycles. The van der Waals surface area contributed by atoms with Crippen LogP contribution in [0.3, 0.4) is 0 Å². The number of carbonyl (C=O) groups is 3. The second kappa shape index (κ2) is 6.28. The molecule has 1 heterocycles. The Hall–Kier alpha value is -2.95. The van der Waals surface area contributed by atoms with Gasteiger partial charge in [-0.25, -0.2) is 4.79 Å². The van der Waals surface area contributed by atoms with E-state index < -0.39 is 17.7 Å². The number of benzene rings is 2. The fourth-order valence-corrected chi connectivity index (χ4v) is 2.81. The van der Waals surface area contributed by atoms with Gasteiger partial charge in [0.05, 0.1) is 12.7 Å². The van der Waals surface area contributed by atoms with Gasteiger partial charge in [0.2, 0.25) is 0 Å².